The van der Waals surface area contributed by atoms with Gasteiger partial charge in [0.05, 0.1) is 26.3 Å². The number of thiazole rings is 1. The maximum Gasteiger partial charge on any atom is 0.229 e. The van der Waals surface area contributed by atoms with Crippen LogP contribution in [-0.4, -0.2) is 30.1 Å². The summed E-state index contributed by atoms with van der Waals surface area (Å²) in [7, 11) is 3.13. The molecule has 0 bridgehead atoms. The van der Waals surface area contributed by atoms with Crippen molar-refractivity contribution in [3.63, 3.8) is 0 Å². The van der Waals surface area contributed by atoms with Crippen molar-refractivity contribution in [2.75, 3.05) is 19.5 Å². The zero-order chi connectivity index (χ0) is 18.5. The summed E-state index contributed by atoms with van der Waals surface area (Å²) in [6.45, 7) is 1.91. The van der Waals surface area contributed by atoms with Crippen LogP contribution in [0.25, 0.3) is 10.6 Å². The van der Waals surface area contributed by atoms with Crippen LogP contribution in [0.3, 0.4) is 0 Å². The van der Waals surface area contributed by atoms with Crippen molar-refractivity contribution in [1.82, 2.24) is 9.97 Å². The highest BCUT2D eigenvalue weighted by Gasteiger charge is 2.14. The molecule has 0 aliphatic carbocycles. The van der Waals surface area contributed by atoms with Gasteiger partial charge in [0.25, 0.3) is 0 Å². The number of pyridine rings is 1. The molecule has 0 aliphatic heterocycles. The number of nitrogens with zero attached hydrogens (tertiary/aromatic N) is 2. The molecule has 6 nitrogen and oxygen atoms in total. The van der Waals surface area contributed by atoms with Crippen LogP contribution < -0.4 is 14.8 Å². The largest absolute Gasteiger partial charge is 0.493 e. The number of rotatable bonds is 6. The lowest BCUT2D eigenvalue weighted by atomic mass is 10.2. The van der Waals surface area contributed by atoms with Gasteiger partial charge in [-0.1, -0.05) is 0 Å². The Bertz CT molecular complexity index is 910. The summed E-state index contributed by atoms with van der Waals surface area (Å²) >= 11 is 1.51. The number of carbonyl (C=O) groups is 1. The van der Waals surface area contributed by atoms with E-state index in [-0.39, 0.29) is 12.3 Å². The lowest BCUT2D eigenvalue weighted by molar-refractivity contribution is -0.115. The zero-order valence-corrected chi connectivity index (χ0v) is 15.6. The second-order valence-electron chi connectivity index (χ2n) is 5.56. The lowest BCUT2D eigenvalue weighted by Crippen LogP contribution is -2.14. The Morgan fingerprint density at radius 1 is 1.19 bits per heavy atom. The first kappa shape index (κ1) is 17.9. The number of hydrogen-bond acceptors (Lipinski definition) is 6. The molecule has 0 saturated heterocycles. The van der Waals surface area contributed by atoms with Crippen molar-refractivity contribution in [2.24, 2.45) is 0 Å². The topological polar surface area (TPSA) is 73.3 Å². The number of carbonyl (C=O) groups excluding carboxylic acids is 1. The molecule has 0 saturated carbocycles. The second kappa shape index (κ2) is 7.97. The maximum absolute atomic E-state index is 12.4. The summed E-state index contributed by atoms with van der Waals surface area (Å²) < 4.78 is 10.5. The highest BCUT2D eigenvalue weighted by molar-refractivity contribution is 7.15. The van der Waals surface area contributed by atoms with Gasteiger partial charge < -0.3 is 14.8 Å². The Morgan fingerprint density at radius 2 is 2.00 bits per heavy atom. The minimum atomic E-state index is -0.110. The van der Waals surface area contributed by atoms with Gasteiger partial charge in [-0.3, -0.25) is 9.78 Å². The normalized spacial score (nSPS) is 10.4. The van der Waals surface area contributed by atoms with Crippen LogP contribution in [0.2, 0.25) is 0 Å². The Hall–Kier alpha value is -2.93. The summed E-state index contributed by atoms with van der Waals surface area (Å²) in [5.41, 5.74) is 2.46. The average molecular weight is 369 g/mol. The number of methoxy groups -OCH3 is 2. The van der Waals surface area contributed by atoms with Crippen LogP contribution in [0.4, 0.5) is 5.69 Å². The van der Waals surface area contributed by atoms with Crippen LogP contribution in [-0.2, 0) is 11.2 Å². The molecule has 134 valence electrons. The minimum absolute atomic E-state index is 0.110. The van der Waals surface area contributed by atoms with Crippen molar-refractivity contribution in [3.05, 3.63) is 53.3 Å². The van der Waals surface area contributed by atoms with Crippen LogP contribution in [0.5, 0.6) is 11.5 Å². The van der Waals surface area contributed by atoms with Crippen molar-refractivity contribution in [2.45, 2.75) is 13.3 Å². The third-order valence-electron chi connectivity index (χ3n) is 3.79. The molecule has 1 aromatic carbocycles. The number of nitrogens with one attached hydrogen (secondary N) is 1. The number of benzene rings is 1. The molecule has 0 aliphatic rings. The van der Waals surface area contributed by atoms with Gasteiger partial charge in [0.15, 0.2) is 11.5 Å². The summed E-state index contributed by atoms with van der Waals surface area (Å²) in [5.74, 6) is 1.07. The Balaban J connectivity index is 1.72. The molecular formula is C19H19N3O3S. The molecule has 7 heteroatoms. The lowest BCUT2D eigenvalue weighted by Gasteiger charge is -2.10. The molecule has 26 heavy (non-hydrogen) atoms. The number of anilines is 1. The quantitative estimate of drug-likeness (QED) is 0.717. The first-order chi connectivity index (χ1) is 12.6. The monoisotopic (exact) mass is 369 g/mol. The van der Waals surface area contributed by atoms with E-state index in [4.69, 9.17) is 9.47 Å². The number of amides is 1. The smallest absolute Gasteiger partial charge is 0.229 e. The van der Waals surface area contributed by atoms with Crippen LogP contribution >= 0.6 is 11.3 Å². The molecule has 0 unspecified atom stereocenters. The SMILES string of the molecule is COc1ccc(NC(=O)Cc2sc(-c3cccnc3)nc2C)cc1OC. The van der Waals surface area contributed by atoms with E-state index in [1.54, 1.807) is 44.8 Å². The molecule has 0 fully saturated rings. The zero-order valence-electron chi connectivity index (χ0n) is 14.8. The number of aryl methyl sites for hydroxylation is 1. The molecule has 3 aromatic rings. The molecule has 0 radical (unpaired) electrons. The van der Waals surface area contributed by atoms with Crippen molar-refractivity contribution >= 4 is 22.9 Å². The van der Waals surface area contributed by atoms with Crippen LogP contribution in [0, 0.1) is 6.92 Å². The number of aromatic nitrogens is 2. The van der Waals surface area contributed by atoms with Gasteiger partial charge >= 0.3 is 0 Å². The summed E-state index contributed by atoms with van der Waals surface area (Å²) in [4.78, 5) is 22.0. The van der Waals surface area contributed by atoms with E-state index in [0.29, 0.717) is 17.2 Å². The first-order valence-corrected chi connectivity index (χ1v) is 8.81. The standard InChI is InChI=1S/C19H19N3O3S/c1-12-17(26-19(21-12)13-5-4-8-20-11-13)10-18(23)22-14-6-7-15(24-2)16(9-14)25-3/h4-9,11H,10H2,1-3H3,(H,22,23). The van der Waals surface area contributed by atoms with Gasteiger partial charge in [-0.05, 0) is 31.2 Å². The van der Waals surface area contributed by atoms with E-state index in [1.807, 2.05) is 19.1 Å². The van der Waals surface area contributed by atoms with Crippen molar-refractivity contribution in [3.8, 4) is 22.1 Å². The Morgan fingerprint density at radius 3 is 2.69 bits per heavy atom. The fourth-order valence-electron chi connectivity index (χ4n) is 2.47. The Kier molecular flexibility index (Phi) is 5.48. The molecule has 1 amide bonds. The van der Waals surface area contributed by atoms with Gasteiger partial charge in [-0.25, -0.2) is 4.98 Å². The number of ether oxygens (including phenoxy) is 2. The van der Waals surface area contributed by atoms with Crippen LogP contribution in [0.1, 0.15) is 10.6 Å². The van der Waals surface area contributed by atoms with Gasteiger partial charge in [-0.15, -0.1) is 11.3 Å². The second-order valence-corrected chi connectivity index (χ2v) is 6.65. The van der Waals surface area contributed by atoms with E-state index in [0.717, 1.165) is 21.1 Å². The fourth-order valence-corrected chi connectivity index (χ4v) is 3.52. The minimum Gasteiger partial charge on any atom is -0.493 e. The predicted molar refractivity (Wildman–Crippen MR) is 102 cm³/mol. The third-order valence-corrected chi connectivity index (χ3v) is 5.00. The first-order valence-electron chi connectivity index (χ1n) is 7.99. The van der Waals surface area contributed by atoms with E-state index < -0.39 is 0 Å². The molecule has 2 aromatic heterocycles. The van der Waals surface area contributed by atoms with Gasteiger partial charge in [0.2, 0.25) is 5.91 Å². The predicted octanol–water partition coefficient (Wildman–Crippen LogP) is 3.71. The summed E-state index contributed by atoms with van der Waals surface area (Å²) in [6.07, 6.45) is 3.76. The van der Waals surface area contributed by atoms with Crippen molar-refractivity contribution in [1.29, 1.82) is 0 Å². The van der Waals surface area contributed by atoms with Crippen LogP contribution in [0.15, 0.2) is 42.7 Å². The molecule has 0 spiro atoms. The fraction of sp³-hybridized carbons (Fsp3) is 0.211. The molecule has 1 N–H and O–H groups in total. The molecule has 2 heterocycles. The van der Waals surface area contributed by atoms with E-state index in [9.17, 15) is 4.79 Å². The van der Waals surface area contributed by atoms with E-state index >= 15 is 0 Å². The van der Waals surface area contributed by atoms with Gasteiger partial charge in [-0.2, -0.15) is 0 Å². The summed E-state index contributed by atoms with van der Waals surface area (Å²) in [6, 6.07) is 9.10. The molecule has 3 rings (SSSR count). The highest BCUT2D eigenvalue weighted by Crippen LogP contribution is 2.30. The van der Waals surface area contributed by atoms with Crippen molar-refractivity contribution < 1.29 is 14.3 Å². The maximum atomic E-state index is 12.4. The van der Waals surface area contributed by atoms with E-state index in [1.165, 1.54) is 11.3 Å². The van der Waals surface area contributed by atoms with Gasteiger partial charge in [0, 0.05) is 34.6 Å². The van der Waals surface area contributed by atoms with Gasteiger partial charge in [0.1, 0.15) is 5.01 Å². The summed E-state index contributed by atoms with van der Waals surface area (Å²) in [5, 5.41) is 3.75. The van der Waals surface area contributed by atoms with E-state index in [2.05, 4.69) is 15.3 Å². The Labute approximate surface area is 155 Å². The molecular weight excluding hydrogens is 350 g/mol. The third kappa shape index (κ3) is 4.00. The average Bonchev–Trinajstić information content (AvgIpc) is 3.02. The highest BCUT2D eigenvalue weighted by atomic mass is 32.1. The molecule has 0 atom stereocenters. The number of hydrogen-bond donors (Lipinski definition) is 1.